The number of aliphatic hydroxyl groups is 1. The first-order chi connectivity index (χ1) is 14.8. The molecule has 0 bridgehead atoms. The van der Waals surface area contributed by atoms with Crippen molar-refractivity contribution in [2.24, 2.45) is 46.3 Å². The quantitative estimate of drug-likeness (QED) is 0.510. The van der Waals surface area contributed by atoms with Crippen LogP contribution in [-0.4, -0.2) is 41.3 Å². The van der Waals surface area contributed by atoms with E-state index < -0.39 is 16.3 Å². The summed E-state index contributed by atoms with van der Waals surface area (Å²) in [4.78, 5) is 11.1. The summed E-state index contributed by atoms with van der Waals surface area (Å²) in [6.07, 6.45) is 7.73. The molecule has 3 N–H and O–H groups in total. The highest BCUT2D eigenvalue weighted by atomic mass is 32.2. The number of rotatable bonds is 6. The lowest BCUT2D eigenvalue weighted by Crippen LogP contribution is -2.62. The summed E-state index contributed by atoms with van der Waals surface area (Å²) in [6, 6.07) is -0.372. The number of carboxylic acids is 1. The summed E-state index contributed by atoms with van der Waals surface area (Å²) in [7, 11) is -4.57. The normalized spacial score (nSPS) is 47.2. The van der Waals surface area contributed by atoms with E-state index in [0.717, 1.165) is 38.5 Å². The van der Waals surface area contributed by atoms with Crippen LogP contribution >= 0.6 is 0 Å². The third-order valence-electron chi connectivity index (χ3n) is 10.6. The molecule has 0 aliphatic heterocycles. The second-order valence-electron chi connectivity index (χ2n) is 12.0. The lowest BCUT2D eigenvalue weighted by Gasteiger charge is -2.63. The van der Waals surface area contributed by atoms with Crippen molar-refractivity contribution in [3.05, 3.63) is 0 Å². The van der Waals surface area contributed by atoms with Gasteiger partial charge in [0.05, 0.1) is 6.10 Å². The summed E-state index contributed by atoms with van der Waals surface area (Å²) in [6.45, 7) is 6.85. The van der Waals surface area contributed by atoms with Gasteiger partial charge >= 0.3 is 5.97 Å². The van der Waals surface area contributed by atoms with E-state index in [-0.39, 0.29) is 41.2 Å². The molecule has 0 heterocycles. The van der Waals surface area contributed by atoms with Crippen LogP contribution in [0.25, 0.3) is 0 Å². The summed E-state index contributed by atoms with van der Waals surface area (Å²) in [5.41, 5.74) is 0.117. The highest BCUT2D eigenvalue weighted by Gasteiger charge is 2.63. The van der Waals surface area contributed by atoms with Crippen LogP contribution in [0.2, 0.25) is 0 Å². The van der Waals surface area contributed by atoms with E-state index in [1.54, 1.807) is 0 Å². The van der Waals surface area contributed by atoms with Crippen LogP contribution < -0.4 is 4.72 Å². The van der Waals surface area contributed by atoms with Gasteiger partial charge in [-0.15, -0.1) is 0 Å². The third kappa shape index (κ3) is 4.25. The van der Waals surface area contributed by atoms with E-state index >= 15 is 0 Å². The first kappa shape index (κ1) is 24.4. The van der Waals surface area contributed by atoms with Crippen molar-refractivity contribution in [3.8, 4) is 0 Å². The number of aliphatic hydroxyl groups excluding tert-OH is 1. The van der Waals surface area contributed by atoms with E-state index in [1.165, 1.54) is 0 Å². The molecule has 0 aromatic carbocycles. The van der Waals surface area contributed by atoms with Gasteiger partial charge in [0.15, 0.2) is 10.3 Å². The predicted octanol–water partition coefficient (Wildman–Crippen LogP) is 3.54. The minimum absolute atomic E-state index is 0.0447. The Kier molecular flexibility index (Phi) is 6.49. The fourth-order valence-corrected chi connectivity index (χ4v) is 9.70. The maximum absolute atomic E-state index is 11.8. The zero-order valence-corrected chi connectivity index (χ0v) is 20.4. The monoisotopic (exact) mass is 470 g/mol. The Morgan fingerprint density at radius 3 is 2.41 bits per heavy atom. The first-order valence-electron chi connectivity index (χ1n) is 12.5. The second kappa shape index (κ2) is 8.51. The van der Waals surface area contributed by atoms with Gasteiger partial charge in [0.2, 0.25) is 0 Å². The molecule has 10 atom stereocenters. The van der Waals surface area contributed by atoms with Crippen LogP contribution in [-0.2, 0) is 15.1 Å². The molecule has 0 aromatic heterocycles. The molecule has 184 valence electrons. The van der Waals surface area contributed by atoms with Gasteiger partial charge in [0.1, 0.15) is 0 Å². The molecule has 0 spiro atoms. The Labute approximate surface area is 192 Å². The van der Waals surface area contributed by atoms with Crippen molar-refractivity contribution in [1.82, 2.24) is 4.72 Å². The Morgan fingerprint density at radius 2 is 1.75 bits per heavy atom. The Morgan fingerprint density at radius 1 is 1.09 bits per heavy atom. The SMILES string of the molecule is C[C@H](CCC(=O)O)[C@H]1CC[C@H]2[C@@H]3[C@H](NS(=O)(=O)[O-])C[C@@H]4C[C@H](O)CC[C@]4(C)[C@H]3CC[C@]12C. The van der Waals surface area contributed by atoms with Gasteiger partial charge < -0.3 is 14.8 Å². The average Bonchev–Trinajstić information content (AvgIpc) is 3.03. The zero-order valence-electron chi connectivity index (χ0n) is 19.6. The zero-order chi connectivity index (χ0) is 23.5. The van der Waals surface area contributed by atoms with E-state index in [9.17, 15) is 22.9 Å². The highest BCUT2D eigenvalue weighted by molar-refractivity contribution is 7.83. The number of nitrogens with one attached hydrogen (secondary N) is 1. The number of fused-ring (bicyclic) bond motifs is 5. The van der Waals surface area contributed by atoms with Crippen molar-refractivity contribution >= 4 is 16.3 Å². The molecule has 8 heteroatoms. The molecule has 0 radical (unpaired) electrons. The summed E-state index contributed by atoms with van der Waals surface area (Å²) in [5, 5.41) is 19.5. The van der Waals surface area contributed by atoms with Gasteiger partial charge in [-0.2, -0.15) is 0 Å². The van der Waals surface area contributed by atoms with Crippen molar-refractivity contribution in [2.75, 3.05) is 0 Å². The maximum atomic E-state index is 11.8. The molecular formula is C24H40NO6S-. The van der Waals surface area contributed by atoms with Gasteiger partial charge in [0, 0.05) is 12.5 Å². The summed E-state index contributed by atoms with van der Waals surface area (Å²) >= 11 is 0. The van der Waals surface area contributed by atoms with E-state index in [1.807, 2.05) is 0 Å². The van der Waals surface area contributed by atoms with Crippen LogP contribution in [0.4, 0.5) is 0 Å². The minimum Gasteiger partial charge on any atom is -0.735 e. The number of hydrogen-bond donors (Lipinski definition) is 3. The molecule has 4 aliphatic rings. The van der Waals surface area contributed by atoms with Gasteiger partial charge in [-0.3, -0.25) is 4.79 Å². The predicted molar refractivity (Wildman–Crippen MR) is 119 cm³/mol. The molecule has 32 heavy (non-hydrogen) atoms. The second-order valence-corrected chi connectivity index (χ2v) is 13.1. The molecule has 0 saturated heterocycles. The van der Waals surface area contributed by atoms with Gasteiger partial charge in [-0.05, 0) is 104 Å². The largest absolute Gasteiger partial charge is 0.735 e. The van der Waals surface area contributed by atoms with Crippen LogP contribution in [0.1, 0.15) is 85.0 Å². The van der Waals surface area contributed by atoms with Crippen LogP contribution in [0.15, 0.2) is 0 Å². The van der Waals surface area contributed by atoms with Crippen LogP contribution in [0.5, 0.6) is 0 Å². The van der Waals surface area contributed by atoms with E-state index in [2.05, 4.69) is 25.5 Å². The van der Waals surface area contributed by atoms with Gasteiger partial charge in [-0.25, -0.2) is 13.1 Å². The molecule has 0 amide bonds. The number of hydrogen-bond acceptors (Lipinski definition) is 5. The van der Waals surface area contributed by atoms with E-state index in [4.69, 9.17) is 5.11 Å². The molecule has 0 aromatic rings. The molecule has 4 saturated carbocycles. The fourth-order valence-electron chi connectivity index (χ4n) is 9.08. The van der Waals surface area contributed by atoms with Crippen LogP contribution in [0.3, 0.4) is 0 Å². The first-order valence-corrected chi connectivity index (χ1v) is 13.9. The minimum atomic E-state index is -4.57. The highest BCUT2D eigenvalue weighted by Crippen LogP contribution is 2.68. The number of carboxylic acid groups (broad SMARTS) is 1. The Balaban J connectivity index is 1.64. The molecule has 0 unspecified atom stereocenters. The number of aliphatic carboxylic acids is 1. The lowest BCUT2D eigenvalue weighted by molar-refractivity contribution is -0.141. The lowest BCUT2D eigenvalue weighted by atomic mass is 9.43. The van der Waals surface area contributed by atoms with Gasteiger partial charge in [0.25, 0.3) is 0 Å². The van der Waals surface area contributed by atoms with Gasteiger partial charge in [-0.1, -0.05) is 20.8 Å². The molecular weight excluding hydrogens is 430 g/mol. The van der Waals surface area contributed by atoms with Crippen molar-refractivity contribution in [1.29, 1.82) is 0 Å². The Bertz CT molecular complexity index is 832. The third-order valence-corrected chi connectivity index (χ3v) is 11.1. The van der Waals surface area contributed by atoms with Crippen molar-refractivity contribution in [2.45, 2.75) is 97.1 Å². The van der Waals surface area contributed by atoms with Crippen LogP contribution in [0, 0.1) is 46.3 Å². The smallest absolute Gasteiger partial charge is 0.303 e. The van der Waals surface area contributed by atoms with Crippen molar-refractivity contribution < 1.29 is 28.0 Å². The van der Waals surface area contributed by atoms with Crippen molar-refractivity contribution in [3.63, 3.8) is 0 Å². The average molecular weight is 471 g/mol. The standard InChI is InChI=1S/C24H41NO6S/c1-14(4-7-21(27)28)17-5-6-18-22-19(9-11-24(17,18)3)23(2)10-8-16(26)12-15(23)13-20(22)25-32(29,30)31/h14-20,22,25-26H,4-13H2,1-3H3,(H,27,28)(H,29,30,31)/p-1/t14-,15+,16-,17-,18+,19+,20-,22+,23+,24-/m1/s1. The number of carbonyl (C=O) groups is 1. The topological polar surface area (TPSA) is 127 Å². The Hall–Kier alpha value is -0.700. The molecule has 4 rings (SSSR count). The summed E-state index contributed by atoms with van der Waals surface area (Å²) in [5.74, 6) is 1.02. The molecule has 4 aliphatic carbocycles. The van der Waals surface area contributed by atoms with E-state index in [0.29, 0.717) is 42.9 Å². The maximum Gasteiger partial charge on any atom is 0.303 e. The molecule has 4 fully saturated rings. The molecule has 7 nitrogen and oxygen atoms in total. The summed E-state index contributed by atoms with van der Waals surface area (Å²) < 4.78 is 37.9. The fraction of sp³-hybridized carbons (Fsp3) is 0.958.